The first-order valence-electron chi connectivity index (χ1n) is 8.49. The van der Waals surface area contributed by atoms with E-state index in [0.29, 0.717) is 18.9 Å². The molecule has 0 bridgehead atoms. The van der Waals surface area contributed by atoms with Crippen molar-refractivity contribution in [1.82, 2.24) is 4.90 Å². The van der Waals surface area contributed by atoms with E-state index in [1.807, 2.05) is 44.1 Å². The number of hydrogen-bond donors (Lipinski definition) is 0. The average molecular weight is 356 g/mol. The molecule has 2 aromatic carbocycles. The smallest absolute Gasteiger partial charge is 0.234 e. The van der Waals surface area contributed by atoms with Crippen LogP contribution in [0.5, 0.6) is 5.75 Å². The van der Waals surface area contributed by atoms with Crippen molar-refractivity contribution >= 4 is 23.4 Å². The van der Waals surface area contributed by atoms with Gasteiger partial charge in [-0.25, -0.2) is 0 Å². The highest BCUT2D eigenvalue weighted by Crippen LogP contribution is 2.43. The Morgan fingerprint density at radius 2 is 1.88 bits per heavy atom. The molecular formula is C20H24N2O2S. The van der Waals surface area contributed by atoms with Gasteiger partial charge in [-0.1, -0.05) is 30.3 Å². The SMILES string of the molecule is CCOc1ccccc1C1SCC(=O)N1Cc1ccc(N(C)C)cc1. The maximum Gasteiger partial charge on any atom is 0.234 e. The van der Waals surface area contributed by atoms with Crippen molar-refractivity contribution in [3.8, 4) is 5.75 Å². The van der Waals surface area contributed by atoms with Crippen LogP contribution in [-0.2, 0) is 11.3 Å². The van der Waals surface area contributed by atoms with Gasteiger partial charge in [0.2, 0.25) is 5.91 Å². The topological polar surface area (TPSA) is 32.8 Å². The predicted molar refractivity (Wildman–Crippen MR) is 104 cm³/mol. The van der Waals surface area contributed by atoms with Gasteiger partial charge in [-0.2, -0.15) is 0 Å². The summed E-state index contributed by atoms with van der Waals surface area (Å²) in [6.07, 6.45) is 0. The van der Waals surface area contributed by atoms with E-state index < -0.39 is 0 Å². The Morgan fingerprint density at radius 3 is 2.56 bits per heavy atom. The van der Waals surface area contributed by atoms with Crippen molar-refractivity contribution in [3.63, 3.8) is 0 Å². The number of thioether (sulfide) groups is 1. The number of anilines is 1. The quantitative estimate of drug-likeness (QED) is 0.785. The molecule has 1 atom stereocenters. The first-order chi connectivity index (χ1) is 12.1. The molecule has 0 radical (unpaired) electrons. The maximum atomic E-state index is 12.5. The lowest BCUT2D eigenvalue weighted by Gasteiger charge is -2.26. The number of benzene rings is 2. The molecule has 1 aliphatic rings. The predicted octanol–water partition coefficient (Wildman–Crippen LogP) is 3.93. The van der Waals surface area contributed by atoms with Crippen LogP contribution < -0.4 is 9.64 Å². The molecule has 0 aromatic heterocycles. The van der Waals surface area contributed by atoms with Crippen LogP contribution in [0.4, 0.5) is 5.69 Å². The van der Waals surface area contributed by atoms with Gasteiger partial charge in [-0.05, 0) is 30.7 Å². The molecule has 25 heavy (non-hydrogen) atoms. The number of rotatable bonds is 6. The molecule has 1 heterocycles. The number of amides is 1. The summed E-state index contributed by atoms with van der Waals surface area (Å²) in [5, 5.41) is 0.00350. The lowest BCUT2D eigenvalue weighted by Crippen LogP contribution is -2.28. The zero-order valence-electron chi connectivity index (χ0n) is 14.9. The minimum absolute atomic E-state index is 0.00350. The normalized spacial score (nSPS) is 17.0. The third kappa shape index (κ3) is 3.93. The highest BCUT2D eigenvalue weighted by Gasteiger charge is 2.34. The second-order valence-electron chi connectivity index (χ2n) is 6.22. The zero-order chi connectivity index (χ0) is 17.8. The van der Waals surface area contributed by atoms with E-state index in [1.165, 1.54) is 0 Å². The van der Waals surface area contributed by atoms with Crippen LogP contribution in [0, 0.1) is 0 Å². The largest absolute Gasteiger partial charge is 0.493 e. The van der Waals surface area contributed by atoms with E-state index in [-0.39, 0.29) is 11.3 Å². The zero-order valence-corrected chi connectivity index (χ0v) is 15.8. The van der Waals surface area contributed by atoms with Gasteiger partial charge in [0.15, 0.2) is 0 Å². The molecule has 132 valence electrons. The van der Waals surface area contributed by atoms with Crippen LogP contribution in [0.1, 0.15) is 23.4 Å². The Hall–Kier alpha value is -2.14. The lowest BCUT2D eigenvalue weighted by atomic mass is 10.1. The van der Waals surface area contributed by atoms with Crippen molar-refractivity contribution in [2.75, 3.05) is 31.4 Å². The van der Waals surface area contributed by atoms with Crippen LogP contribution in [-0.4, -0.2) is 37.3 Å². The fourth-order valence-electron chi connectivity index (χ4n) is 2.95. The van der Waals surface area contributed by atoms with Crippen LogP contribution in [0.3, 0.4) is 0 Å². The van der Waals surface area contributed by atoms with Gasteiger partial charge >= 0.3 is 0 Å². The molecule has 0 spiro atoms. The van der Waals surface area contributed by atoms with Gasteiger partial charge in [0.1, 0.15) is 11.1 Å². The Balaban J connectivity index is 1.83. The Bertz CT molecular complexity index is 731. The Labute approximate surface area is 153 Å². The summed E-state index contributed by atoms with van der Waals surface area (Å²) in [6.45, 7) is 3.22. The molecule has 5 heteroatoms. The highest BCUT2D eigenvalue weighted by atomic mass is 32.2. The molecule has 3 rings (SSSR count). The molecule has 0 saturated carbocycles. The van der Waals surface area contributed by atoms with Gasteiger partial charge < -0.3 is 14.5 Å². The summed E-state index contributed by atoms with van der Waals surface area (Å²) in [4.78, 5) is 16.5. The van der Waals surface area contributed by atoms with Crippen molar-refractivity contribution in [1.29, 1.82) is 0 Å². The van der Waals surface area contributed by atoms with E-state index in [4.69, 9.17) is 4.74 Å². The molecule has 1 fully saturated rings. The first-order valence-corrected chi connectivity index (χ1v) is 9.54. The summed E-state index contributed by atoms with van der Waals surface area (Å²) in [5.74, 6) is 1.56. The van der Waals surface area contributed by atoms with Crippen molar-refractivity contribution in [2.45, 2.75) is 18.8 Å². The number of hydrogen-bond acceptors (Lipinski definition) is 4. The minimum Gasteiger partial charge on any atom is -0.493 e. The summed E-state index contributed by atoms with van der Waals surface area (Å²) in [7, 11) is 4.05. The average Bonchev–Trinajstić information content (AvgIpc) is 2.97. The third-order valence-corrected chi connectivity index (χ3v) is 5.50. The van der Waals surface area contributed by atoms with Crippen molar-refractivity contribution in [2.24, 2.45) is 0 Å². The molecule has 0 N–H and O–H groups in total. The molecule has 1 unspecified atom stereocenters. The second kappa shape index (κ2) is 7.83. The van der Waals surface area contributed by atoms with Crippen LogP contribution in [0.25, 0.3) is 0 Å². The Morgan fingerprint density at radius 1 is 1.16 bits per heavy atom. The highest BCUT2D eigenvalue weighted by molar-refractivity contribution is 8.00. The van der Waals surface area contributed by atoms with Crippen LogP contribution >= 0.6 is 11.8 Å². The molecule has 0 aliphatic carbocycles. The fraction of sp³-hybridized carbons (Fsp3) is 0.350. The van der Waals surface area contributed by atoms with Crippen molar-refractivity contribution in [3.05, 3.63) is 59.7 Å². The number of ether oxygens (including phenoxy) is 1. The molecule has 2 aromatic rings. The molecule has 4 nitrogen and oxygen atoms in total. The van der Waals surface area contributed by atoms with Gasteiger partial charge in [0, 0.05) is 31.9 Å². The summed E-state index contributed by atoms with van der Waals surface area (Å²) < 4.78 is 5.77. The van der Waals surface area contributed by atoms with E-state index in [1.54, 1.807) is 11.8 Å². The molecule has 1 aliphatic heterocycles. The number of carbonyl (C=O) groups is 1. The van der Waals surface area contributed by atoms with Crippen LogP contribution in [0.15, 0.2) is 48.5 Å². The fourth-order valence-corrected chi connectivity index (χ4v) is 4.16. The van der Waals surface area contributed by atoms with Crippen LogP contribution in [0.2, 0.25) is 0 Å². The van der Waals surface area contributed by atoms with Gasteiger partial charge in [0.25, 0.3) is 0 Å². The van der Waals surface area contributed by atoms with Gasteiger partial charge in [-0.3, -0.25) is 4.79 Å². The lowest BCUT2D eigenvalue weighted by molar-refractivity contribution is -0.128. The first kappa shape index (κ1) is 17.7. The monoisotopic (exact) mass is 356 g/mol. The molecule has 1 amide bonds. The standard InChI is InChI=1S/C20H24N2O2S/c1-4-24-18-8-6-5-7-17(18)20-22(19(23)14-25-20)13-15-9-11-16(12-10-15)21(2)3/h5-12,20H,4,13-14H2,1-3H3. The Kier molecular flexibility index (Phi) is 5.53. The summed E-state index contributed by atoms with van der Waals surface area (Å²) in [6, 6.07) is 16.4. The van der Waals surface area contributed by atoms with E-state index in [9.17, 15) is 4.79 Å². The third-order valence-electron chi connectivity index (χ3n) is 4.26. The van der Waals surface area contributed by atoms with E-state index in [0.717, 1.165) is 22.6 Å². The van der Waals surface area contributed by atoms with Gasteiger partial charge in [-0.15, -0.1) is 11.8 Å². The maximum absolute atomic E-state index is 12.5. The molecular weight excluding hydrogens is 332 g/mol. The number of nitrogens with zero attached hydrogens (tertiary/aromatic N) is 2. The number of carbonyl (C=O) groups excluding carboxylic acids is 1. The minimum atomic E-state index is 0.00350. The van der Waals surface area contributed by atoms with Gasteiger partial charge in [0.05, 0.1) is 12.4 Å². The van der Waals surface area contributed by atoms with E-state index in [2.05, 4.69) is 35.2 Å². The summed E-state index contributed by atoms with van der Waals surface area (Å²) in [5.41, 5.74) is 3.37. The second-order valence-corrected chi connectivity index (χ2v) is 7.29. The molecule has 1 saturated heterocycles. The van der Waals surface area contributed by atoms with Crippen molar-refractivity contribution < 1.29 is 9.53 Å². The van der Waals surface area contributed by atoms with E-state index >= 15 is 0 Å². The number of para-hydroxylation sites is 1. The summed E-state index contributed by atoms with van der Waals surface area (Å²) >= 11 is 1.67.